The quantitative estimate of drug-likeness (QED) is 0.794. The SMILES string of the molecule is Cc1nccn1C(=O)c1ccc(Br)cc1. The Morgan fingerprint density at radius 2 is 2.00 bits per heavy atom. The molecule has 0 N–H and O–H groups in total. The minimum atomic E-state index is -0.0579. The Morgan fingerprint density at radius 1 is 1.33 bits per heavy atom. The third-order valence-corrected chi connectivity index (χ3v) is 2.66. The van der Waals surface area contributed by atoms with E-state index in [1.807, 2.05) is 12.1 Å². The molecule has 0 aliphatic carbocycles. The van der Waals surface area contributed by atoms with Gasteiger partial charge in [-0.15, -0.1) is 0 Å². The Morgan fingerprint density at radius 3 is 2.53 bits per heavy atom. The fourth-order valence-electron chi connectivity index (χ4n) is 1.32. The van der Waals surface area contributed by atoms with Crippen molar-refractivity contribution in [3.05, 3.63) is 52.5 Å². The summed E-state index contributed by atoms with van der Waals surface area (Å²) in [6.07, 6.45) is 3.28. The molecule has 0 unspecified atom stereocenters. The lowest BCUT2D eigenvalue weighted by Crippen LogP contribution is -2.12. The lowest BCUT2D eigenvalue weighted by molar-refractivity contribution is 0.0957. The van der Waals surface area contributed by atoms with Crippen LogP contribution in [0.3, 0.4) is 0 Å². The van der Waals surface area contributed by atoms with Gasteiger partial charge in [-0.1, -0.05) is 15.9 Å². The molecule has 0 bridgehead atoms. The molecule has 0 fully saturated rings. The van der Waals surface area contributed by atoms with E-state index in [-0.39, 0.29) is 5.91 Å². The van der Waals surface area contributed by atoms with E-state index < -0.39 is 0 Å². The number of benzene rings is 1. The topological polar surface area (TPSA) is 34.9 Å². The summed E-state index contributed by atoms with van der Waals surface area (Å²) in [6, 6.07) is 7.26. The Hall–Kier alpha value is -1.42. The monoisotopic (exact) mass is 264 g/mol. The molecule has 4 heteroatoms. The lowest BCUT2D eigenvalue weighted by atomic mass is 10.2. The van der Waals surface area contributed by atoms with E-state index in [1.54, 1.807) is 31.5 Å². The molecule has 0 saturated carbocycles. The first-order valence-corrected chi connectivity index (χ1v) is 5.28. The highest BCUT2D eigenvalue weighted by molar-refractivity contribution is 9.10. The molecule has 0 spiro atoms. The number of hydrogen-bond acceptors (Lipinski definition) is 2. The maximum atomic E-state index is 11.9. The molecule has 0 radical (unpaired) electrons. The third kappa shape index (κ3) is 1.99. The van der Waals surface area contributed by atoms with Crippen LogP contribution in [0.5, 0.6) is 0 Å². The number of halogens is 1. The smallest absolute Gasteiger partial charge is 0.263 e. The number of carbonyl (C=O) groups is 1. The highest BCUT2D eigenvalue weighted by atomic mass is 79.9. The fraction of sp³-hybridized carbons (Fsp3) is 0.0909. The van der Waals surface area contributed by atoms with Gasteiger partial charge in [-0.2, -0.15) is 0 Å². The van der Waals surface area contributed by atoms with Crippen molar-refractivity contribution in [2.75, 3.05) is 0 Å². The maximum Gasteiger partial charge on any atom is 0.263 e. The Bertz CT molecular complexity index is 488. The van der Waals surface area contributed by atoms with Gasteiger partial charge in [0.05, 0.1) is 0 Å². The van der Waals surface area contributed by atoms with Gasteiger partial charge in [0.15, 0.2) is 0 Å². The van der Waals surface area contributed by atoms with Gasteiger partial charge < -0.3 is 0 Å². The minimum absolute atomic E-state index is 0.0579. The van der Waals surface area contributed by atoms with Crippen molar-refractivity contribution in [2.45, 2.75) is 6.92 Å². The van der Waals surface area contributed by atoms with Crippen LogP contribution in [-0.2, 0) is 0 Å². The van der Waals surface area contributed by atoms with Gasteiger partial charge in [-0.3, -0.25) is 9.36 Å². The molecule has 15 heavy (non-hydrogen) atoms. The second-order valence-electron chi connectivity index (χ2n) is 3.16. The van der Waals surface area contributed by atoms with Crippen LogP contribution >= 0.6 is 15.9 Å². The van der Waals surface area contributed by atoms with Crippen LogP contribution in [0.4, 0.5) is 0 Å². The van der Waals surface area contributed by atoms with Gasteiger partial charge in [0.2, 0.25) is 0 Å². The zero-order valence-electron chi connectivity index (χ0n) is 8.14. The predicted octanol–water partition coefficient (Wildman–Crippen LogP) is 2.64. The zero-order valence-corrected chi connectivity index (χ0v) is 9.73. The lowest BCUT2D eigenvalue weighted by Gasteiger charge is -2.03. The van der Waals surface area contributed by atoms with Crippen LogP contribution in [0.15, 0.2) is 41.1 Å². The normalized spacial score (nSPS) is 10.3. The zero-order chi connectivity index (χ0) is 10.8. The number of hydrogen-bond donors (Lipinski definition) is 0. The first kappa shape index (κ1) is 10.1. The summed E-state index contributed by atoms with van der Waals surface area (Å²) in [5.41, 5.74) is 0.652. The molecular formula is C11H9BrN2O. The molecule has 1 aromatic carbocycles. The summed E-state index contributed by atoms with van der Waals surface area (Å²) in [6.45, 7) is 1.80. The average molecular weight is 265 g/mol. The summed E-state index contributed by atoms with van der Waals surface area (Å²) in [4.78, 5) is 16.0. The Kier molecular flexibility index (Phi) is 2.68. The Labute approximate surface area is 95.9 Å². The largest absolute Gasteiger partial charge is 0.270 e. The molecule has 0 atom stereocenters. The number of imidazole rings is 1. The van der Waals surface area contributed by atoms with Crippen molar-refractivity contribution in [1.29, 1.82) is 0 Å². The fourth-order valence-corrected chi connectivity index (χ4v) is 1.59. The predicted molar refractivity (Wildman–Crippen MR) is 60.8 cm³/mol. The van der Waals surface area contributed by atoms with E-state index in [2.05, 4.69) is 20.9 Å². The van der Waals surface area contributed by atoms with E-state index >= 15 is 0 Å². The van der Waals surface area contributed by atoms with Crippen molar-refractivity contribution in [1.82, 2.24) is 9.55 Å². The van der Waals surface area contributed by atoms with Crippen LogP contribution in [-0.4, -0.2) is 15.5 Å². The molecule has 2 rings (SSSR count). The summed E-state index contributed by atoms with van der Waals surface area (Å²) >= 11 is 3.33. The summed E-state index contributed by atoms with van der Waals surface area (Å²) in [5.74, 6) is 0.639. The summed E-state index contributed by atoms with van der Waals surface area (Å²) in [7, 11) is 0. The van der Waals surface area contributed by atoms with Crippen LogP contribution < -0.4 is 0 Å². The highest BCUT2D eigenvalue weighted by Crippen LogP contribution is 2.12. The second kappa shape index (κ2) is 3.98. The number of rotatable bonds is 1. The van der Waals surface area contributed by atoms with Crippen molar-refractivity contribution >= 4 is 21.8 Å². The summed E-state index contributed by atoms with van der Waals surface area (Å²) < 4.78 is 2.49. The Balaban J connectivity index is 2.37. The van der Waals surface area contributed by atoms with Gasteiger partial charge in [0.25, 0.3) is 5.91 Å². The highest BCUT2D eigenvalue weighted by Gasteiger charge is 2.09. The van der Waals surface area contributed by atoms with Crippen molar-refractivity contribution in [3.8, 4) is 0 Å². The first-order valence-electron chi connectivity index (χ1n) is 4.49. The van der Waals surface area contributed by atoms with Gasteiger partial charge in [-0.25, -0.2) is 4.98 Å². The molecule has 0 amide bonds. The molecule has 1 aromatic heterocycles. The molecule has 0 saturated heterocycles. The molecule has 0 aliphatic rings. The van der Waals surface area contributed by atoms with Crippen molar-refractivity contribution < 1.29 is 4.79 Å². The van der Waals surface area contributed by atoms with Crippen LogP contribution in [0.1, 0.15) is 16.2 Å². The number of aryl methyl sites for hydroxylation is 1. The number of nitrogens with zero attached hydrogens (tertiary/aromatic N) is 2. The average Bonchev–Trinajstić information content (AvgIpc) is 2.65. The van der Waals surface area contributed by atoms with E-state index in [9.17, 15) is 4.79 Å². The number of carbonyl (C=O) groups excluding carboxylic acids is 1. The number of aromatic nitrogens is 2. The van der Waals surface area contributed by atoms with E-state index in [1.165, 1.54) is 4.57 Å². The van der Waals surface area contributed by atoms with Crippen LogP contribution in [0.25, 0.3) is 0 Å². The van der Waals surface area contributed by atoms with Gasteiger partial charge in [-0.05, 0) is 31.2 Å². The van der Waals surface area contributed by atoms with Crippen LogP contribution in [0.2, 0.25) is 0 Å². The van der Waals surface area contributed by atoms with E-state index in [0.717, 1.165) is 4.47 Å². The molecule has 0 aliphatic heterocycles. The first-order chi connectivity index (χ1) is 7.18. The van der Waals surface area contributed by atoms with Gasteiger partial charge in [0, 0.05) is 22.4 Å². The molecule has 76 valence electrons. The molecule has 2 aromatic rings. The standard InChI is InChI=1S/C11H9BrN2O/c1-8-13-6-7-14(8)11(15)9-2-4-10(12)5-3-9/h2-7H,1H3. The van der Waals surface area contributed by atoms with Crippen LogP contribution in [0, 0.1) is 6.92 Å². The second-order valence-corrected chi connectivity index (χ2v) is 4.07. The minimum Gasteiger partial charge on any atom is -0.270 e. The summed E-state index contributed by atoms with van der Waals surface area (Å²) in [5, 5.41) is 0. The van der Waals surface area contributed by atoms with Gasteiger partial charge in [0.1, 0.15) is 5.82 Å². The van der Waals surface area contributed by atoms with Gasteiger partial charge >= 0.3 is 0 Å². The van der Waals surface area contributed by atoms with Crippen molar-refractivity contribution in [2.24, 2.45) is 0 Å². The van der Waals surface area contributed by atoms with E-state index in [4.69, 9.17) is 0 Å². The third-order valence-electron chi connectivity index (χ3n) is 2.14. The molecular weight excluding hydrogens is 256 g/mol. The molecule has 1 heterocycles. The molecule has 3 nitrogen and oxygen atoms in total. The van der Waals surface area contributed by atoms with Crippen molar-refractivity contribution in [3.63, 3.8) is 0 Å². The van der Waals surface area contributed by atoms with E-state index in [0.29, 0.717) is 11.4 Å². The maximum absolute atomic E-state index is 11.9.